The highest BCUT2D eigenvalue weighted by Gasteiger charge is 2.35. The van der Waals surface area contributed by atoms with Crippen LogP contribution >= 0.6 is 0 Å². The summed E-state index contributed by atoms with van der Waals surface area (Å²) >= 11 is 0. The summed E-state index contributed by atoms with van der Waals surface area (Å²) in [5, 5.41) is 4.03. The van der Waals surface area contributed by atoms with Crippen LogP contribution in [0.1, 0.15) is 12.0 Å². The van der Waals surface area contributed by atoms with E-state index < -0.39 is 11.9 Å². The molecule has 3 N–H and O–H groups in total. The summed E-state index contributed by atoms with van der Waals surface area (Å²) in [6.07, 6.45) is 1.42. The van der Waals surface area contributed by atoms with Crippen molar-refractivity contribution in [2.75, 3.05) is 0 Å². The van der Waals surface area contributed by atoms with Gasteiger partial charge in [0.05, 0.1) is 18.4 Å². The summed E-state index contributed by atoms with van der Waals surface area (Å²) < 4.78 is 0. The number of carbonyl (C=O) groups is 2. The number of hydrogen-bond acceptors (Lipinski definition) is 5. The van der Waals surface area contributed by atoms with Crippen LogP contribution in [0.3, 0.4) is 0 Å². The van der Waals surface area contributed by atoms with Crippen LogP contribution in [0.2, 0.25) is 0 Å². The monoisotopic (exact) mass is 257 g/mol. The Labute approximate surface area is 108 Å². The summed E-state index contributed by atoms with van der Waals surface area (Å²) in [4.78, 5) is 28.7. The molecule has 1 aromatic carbocycles. The van der Waals surface area contributed by atoms with Crippen molar-refractivity contribution in [2.45, 2.75) is 12.5 Å². The second-order valence-corrected chi connectivity index (χ2v) is 4.27. The van der Waals surface area contributed by atoms with Gasteiger partial charge < -0.3 is 10.6 Å². The Morgan fingerprint density at radius 2 is 2.21 bits per heavy atom. The maximum atomic E-state index is 11.8. The van der Waals surface area contributed by atoms with Gasteiger partial charge >= 0.3 is 0 Å². The summed E-state index contributed by atoms with van der Waals surface area (Å²) in [6.45, 7) is 0. The maximum absolute atomic E-state index is 11.8. The zero-order chi connectivity index (χ0) is 13.4. The molecule has 2 aliphatic rings. The first-order valence-corrected chi connectivity index (χ1v) is 5.74. The topological polar surface area (TPSA) is 100 Å². The molecule has 2 heterocycles. The highest BCUT2D eigenvalue weighted by atomic mass is 16.2. The number of fused-ring (bicyclic) bond motifs is 3. The van der Waals surface area contributed by atoms with Crippen LogP contribution < -0.4 is 11.2 Å². The van der Waals surface area contributed by atoms with Gasteiger partial charge in [-0.3, -0.25) is 9.59 Å². The minimum absolute atomic E-state index is 0.0843. The number of primary amides is 1. The first kappa shape index (κ1) is 11.4. The number of aliphatic imine (C=N–C) groups is 1. The van der Waals surface area contributed by atoms with E-state index in [1.165, 1.54) is 6.34 Å². The van der Waals surface area contributed by atoms with E-state index >= 15 is 0 Å². The highest BCUT2D eigenvalue weighted by Crippen LogP contribution is 2.26. The molecule has 1 atom stereocenters. The van der Waals surface area contributed by atoms with E-state index in [0.29, 0.717) is 5.84 Å². The fraction of sp³-hybridized carbons (Fsp3) is 0.167. The van der Waals surface area contributed by atoms with E-state index in [9.17, 15) is 9.59 Å². The molecule has 0 aliphatic carbocycles. The summed E-state index contributed by atoms with van der Waals surface area (Å²) in [5.74, 6) is -0.349. The molecule has 0 aromatic heterocycles. The molecule has 0 bridgehead atoms. The fourth-order valence-corrected chi connectivity index (χ4v) is 2.13. The predicted octanol–water partition coefficient (Wildman–Crippen LogP) is -0.303. The third-order valence-electron chi connectivity index (χ3n) is 3.02. The fourth-order valence-electron chi connectivity index (χ4n) is 2.13. The molecule has 7 nitrogen and oxygen atoms in total. The molecule has 0 fully saturated rings. The number of hydrogen-bond donors (Lipinski definition) is 2. The lowest BCUT2D eigenvalue weighted by Crippen LogP contribution is -2.55. The quantitative estimate of drug-likeness (QED) is 0.760. The van der Waals surface area contributed by atoms with Crippen LogP contribution in [0.5, 0.6) is 0 Å². The lowest BCUT2D eigenvalue weighted by molar-refractivity contribution is -0.128. The Bertz CT molecular complexity index is 622. The number of amidine groups is 1. The van der Waals surface area contributed by atoms with Gasteiger partial charge in [0, 0.05) is 5.56 Å². The molecule has 96 valence electrons. The third kappa shape index (κ3) is 1.85. The molecule has 1 aromatic rings. The smallest absolute Gasteiger partial charge is 0.263 e. The molecule has 0 saturated carbocycles. The van der Waals surface area contributed by atoms with Gasteiger partial charge in [-0.25, -0.2) is 10.4 Å². The maximum Gasteiger partial charge on any atom is 0.263 e. The van der Waals surface area contributed by atoms with Gasteiger partial charge in [-0.15, -0.1) is 0 Å². The average Bonchev–Trinajstić information content (AvgIpc) is 2.41. The van der Waals surface area contributed by atoms with Gasteiger partial charge in [0.1, 0.15) is 6.04 Å². The highest BCUT2D eigenvalue weighted by molar-refractivity contribution is 6.14. The van der Waals surface area contributed by atoms with E-state index in [0.717, 1.165) is 11.3 Å². The Kier molecular flexibility index (Phi) is 2.52. The summed E-state index contributed by atoms with van der Waals surface area (Å²) in [5.41, 5.74) is 9.16. The van der Waals surface area contributed by atoms with Crippen LogP contribution in [0.4, 0.5) is 5.69 Å². The summed E-state index contributed by atoms with van der Waals surface area (Å²) in [6, 6.07) is 6.73. The van der Waals surface area contributed by atoms with Crippen molar-refractivity contribution in [3.8, 4) is 0 Å². The lowest BCUT2D eigenvalue weighted by atomic mass is 10.1. The number of benzene rings is 1. The first-order valence-electron chi connectivity index (χ1n) is 5.74. The van der Waals surface area contributed by atoms with E-state index in [4.69, 9.17) is 5.73 Å². The molecule has 0 radical (unpaired) electrons. The second kappa shape index (κ2) is 4.20. The van der Waals surface area contributed by atoms with Crippen molar-refractivity contribution in [3.63, 3.8) is 0 Å². The Balaban J connectivity index is 2.04. The molecule has 0 spiro atoms. The molecular formula is C12H11N5O2. The first-order chi connectivity index (χ1) is 9.16. The molecule has 2 aliphatic heterocycles. The average molecular weight is 257 g/mol. The molecule has 3 rings (SSSR count). The molecule has 2 amide bonds. The van der Waals surface area contributed by atoms with E-state index in [1.54, 1.807) is 4.90 Å². The molecular weight excluding hydrogens is 246 g/mol. The number of nitrogens with two attached hydrogens (primary N) is 1. The number of amides is 2. The largest absolute Gasteiger partial charge is 0.370 e. The van der Waals surface area contributed by atoms with Gasteiger partial charge in [-0.1, -0.05) is 12.1 Å². The van der Waals surface area contributed by atoms with Crippen LogP contribution in [-0.2, 0) is 9.59 Å². The van der Waals surface area contributed by atoms with Crippen molar-refractivity contribution in [1.82, 2.24) is 10.3 Å². The second-order valence-electron chi connectivity index (χ2n) is 4.27. The Morgan fingerprint density at radius 1 is 1.42 bits per heavy atom. The van der Waals surface area contributed by atoms with Crippen molar-refractivity contribution >= 4 is 29.7 Å². The molecule has 19 heavy (non-hydrogen) atoms. The van der Waals surface area contributed by atoms with Gasteiger partial charge in [-0.2, -0.15) is 5.10 Å². The van der Waals surface area contributed by atoms with Gasteiger partial charge in [0.2, 0.25) is 5.91 Å². The van der Waals surface area contributed by atoms with Crippen LogP contribution in [0.25, 0.3) is 0 Å². The zero-order valence-corrected chi connectivity index (χ0v) is 9.91. The number of hydrazone groups is 1. The predicted molar refractivity (Wildman–Crippen MR) is 68.7 cm³/mol. The lowest BCUT2D eigenvalue weighted by Gasteiger charge is -2.34. The zero-order valence-electron chi connectivity index (χ0n) is 9.91. The molecule has 7 heteroatoms. The Morgan fingerprint density at radius 3 is 3.00 bits per heavy atom. The van der Waals surface area contributed by atoms with E-state index in [2.05, 4.69) is 15.5 Å². The van der Waals surface area contributed by atoms with Crippen LogP contribution in [0, 0.1) is 0 Å². The minimum atomic E-state index is -0.706. The standard InChI is InChI=1S/C12H11N5O2/c13-10(18)5-9-12(19)16-15-11-7-3-1-2-4-8(7)14-6-17(9)11/h1-4,6,9H,5H2,(H2,13,18)(H,16,19)/t9-/m0/s1. The third-order valence-corrected chi connectivity index (χ3v) is 3.02. The van der Waals surface area contributed by atoms with Gasteiger partial charge in [0.25, 0.3) is 5.91 Å². The van der Waals surface area contributed by atoms with E-state index in [-0.39, 0.29) is 12.3 Å². The number of nitrogens with zero attached hydrogens (tertiary/aromatic N) is 3. The molecule has 0 unspecified atom stereocenters. The van der Waals surface area contributed by atoms with Crippen molar-refractivity contribution in [3.05, 3.63) is 29.8 Å². The summed E-state index contributed by atoms with van der Waals surface area (Å²) in [7, 11) is 0. The van der Waals surface area contributed by atoms with Crippen molar-refractivity contribution in [2.24, 2.45) is 15.8 Å². The van der Waals surface area contributed by atoms with E-state index in [1.807, 2.05) is 24.3 Å². The number of para-hydroxylation sites is 1. The van der Waals surface area contributed by atoms with Crippen LogP contribution in [-0.4, -0.2) is 34.9 Å². The number of nitrogens with one attached hydrogen (secondary N) is 1. The van der Waals surface area contributed by atoms with Gasteiger partial charge in [0.15, 0.2) is 5.84 Å². The Hall–Kier alpha value is -2.70. The SMILES string of the molecule is NC(=O)C[C@H]1C(=O)NN=C2c3ccccc3N=CN21. The number of carbonyl (C=O) groups excluding carboxylic acids is 2. The van der Waals surface area contributed by atoms with Crippen molar-refractivity contribution < 1.29 is 9.59 Å². The minimum Gasteiger partial charge on any atom is -0.370 e. The molecule has 0 saturated heterocycles. The van der Waals surface area contributed by atoms with Crippen molar-refractivity contribution in [1.29, 1.82) is 0 Å². The number of rotatable bonds is 2. The van der Waals surface area contributed by atoms with Crippen LogP contribution in [0.15, 0.2) is 34.4 Å². The van der Waals surface area contributed by atoms with Gasteiger partial charge in [-0.05, 0) is 12.1 Å². The normalized spacial score (nSPS) is 20.2.